The van der Waals surface area contributed by atoms with Crippen LogP contribution in [0.5, 0.6) is 5.75 Å². The van der Waals surface area contributed by atoms with E-state index in [9.17, 15) is 19.7 Å². The number of hydrogen-bond donors (Lipinski definition) is 3. The number of aliphatic hydroxyl groups excluding tert-OH is 1. The van der Waals surface area contributed by atoms with Gasteiger partial charge in [0.15, 0.2) is 0 Å². The average molecular weight is 459 g/mol. The molecule has 2 saturated heterocycles. The number of nitrogens with zero attached hydrogens (tertiary/aromatic N) is 2. The molecule has 0 radical (unpaired) electrons. The lowest BCUT2D eigenvalue weighted by molar-refractivity contribution is -0.149. The lowest BCUT2D eigenvalue weighted by Crippen LogP contribution is -2.62. The van der Waals surface area contributed by atoms with E-state index in [1.807, 2.05) is 17.0 Å². The van der Waals surface area contributed by atoms with E-state index in [2.05, 4.69) is 24.0 Å². The van der Waals surface area contributed by atoms with Gasteiger partial charge in [0.2, 0.25) is 0 Å². The summed E-state index contributed by atoms with van der Waals surface area (Å²) in [5, 5.41) is 32.9. The molecule has 2 aromatic rings. The number of piperidine rings is 2. The molecule has 2 fully saturated rings. The van der Waals surface area contributed by atoms with E-state index in [4.69, 9.17) is 4.74 Å². The van der Waals surface area contributed by atoms with Crippen LogP contribution >= 0.6 is 0 Å². The third-order valence-corrected chi connectivity index (χ3v) is 7.12. The minimum absolute atomic E-state index is 0.102. The zero-order chi connectivity index (χ0) is 23.6. The first kappa shape index (κ1) is 24.0. The molecule has 33 heavy (non-hydrogen) atoms. The Morgan fingerprint density at radius 3 is 2.45 bits per heavy atom. The summed E-state index contributed by atoms with van der Waals surface area (Å²) in [6.07, 6.45) is 0.759. The topological polar surface area (TPSA) is 76.4 Å². The smallest absolute Gasteiger partial charge is 0.137 e. The monoisotopic (exact) mass is 458 g/mol. The van der Waals surface area contributed by atoms with Gasteiger partial charge in [-0.2, -0.15) is 0 Å². The number of benzene rings is 2. The van der Waals surface area contributed by atoms with Crippen molar-refractivity contribution in [2.75, 3.05) is 44.2 Å². The number of likely N-dealkylation sites (tertiary alicyclic amines) is 1. The van der Waals surface area contributed by atoms with Crippen molar-refractivity contribution >= 4 is 5.69 Å². The Morgan fingerprint density at radius 1 is 1.03 bits per heavy atom. The summed E-state index contributed by atoms with van der Waals surface area (Å²) >= 11 is 0. The lowest BCUT2D eigenvalue weighted by Gasteiger charge is -2.47. The molecule has 0 amide bonds. The maximum atomic E-state index is 13.5. The Labute approximate surface area is 195 Å². The predicted molar refractivity (Wildman–Crippen MR) is 126 cm³/mol. The third kappa shape index (κ3) is 5.49. The molecule has 2 atom stereocenters. The number of para-hydroxylation sites is 1. The van der Waals surface area contributed by atoms with Gasteiger partial charge < -0.3 is 25.0 Å². The first-order chi connectivity index (χ1) is 15.7. The van der Waals surface area contributed by atoms with Gasteiger partial charge in [-0.25, -0.2) is 4.39 Å². The van der Waals surface area contributed by atoms with Crippen LogP contribution in [0.4, 0.5) is 10.1 Å². The summed E-state index contributed by atoms with van der Waals surface area (Å²) in [5.74, 6) is 0.139. The second-order valence-electron chi connectivity index (χ2n) is 9.82. The van der Waals surface area contributed by atoms with E-state index in [1.54, 1.807) is 13.0 Å². The van der Waals surface area contributed by atoms with Crippen molar-refractivity contribution in [1.29, 1.82) is 0 Å². The van der Waals surface area contributed by atoms with Crippen LogP contribution in [-0.4, -0.2) is 76.9 Å². The summed E-state index contributed by atoms with van der Waals surface area (Å²) < 4.78 is 19.2. The van der Waals surface area contributed by atoms with Crippen LogP contribution in [0.15, 0.2) is 42.5 Å². The van der Waals surface area contributed by atoms with E-state index < -0.39 is 17.3 Å². The largest absolute Gasteiger partial charge is 0.490 e. The standard InChI is InChI=1S/C26H35FN2O4/c1-19-5-3-4-6-23(19)29-13-10-25(31,11-14-29)16-28-12-9-24(30)26(32,17-28)18-33-21-7-8-22(27)20(2)15-21/h3-8,15,24,30-32H,9-14,16-18H2,1-2H3/t24-,26-/m0/s1. The summed E-state index contributed by atoms with van der Waals surface area (Å²) in [6.45, 7) is 6.45. The number of halogens is 1. The third-order valence-electron chi connectivity index (χ3n) is 7.12. The Bertz CT molecular complexity index is 963. The van der Waals surface area contributed by atoms with Crippen LogP contribution in [0.25, 0.3) is 0 Å². The molecule has 0 saturated carbocycles. The van der Waals surface area contributed by atoms with E-state index in [0.29, 0.717) is 43.7 Å². The van der Waals surface area contributed by atoms with Gasteiger partial charge >= 0.3 is 0 Å². The average Bonchev–Trinajstić information content (AvgIpc) is 2.78. The molecule has 4 rings (SSSR count). The van der Waals surface area contributed by atoms with Gasteiger partial charge in [0.05, 0.1) is 11.7 Å². The van der Waals surface area contributed by atoms with Crippen molar-refractivity contribution < 1.29 is 24.4 Å². The number of anilines is 1. The highest BCUT2D eigenvalue weighted by molar-refractivity contribution is 5.53. The SMILES string of the molecule is Cc1cc(OC[C@@]2(O)CN(CC3(O)CCN(c4ccccc4C)CC3)CC[C@@H]2O)ccc1F. The molecule has 0 unspecified atom stereocenters. The molecule has 2 aromatic carbocycles. The molecule has 6 nitrogen and oxygen atoms in total. The molecule has 3 N–H and O–H groups in total. The van der Waals surface area contributed by atoms with Gasteiger partial charge in [-0.1, -0.05) is 18.2 Å². The Balaban J connectivity index is 1.34. The highest BCUT2D eigenvalue weighted by Gasteiger charge is 2.44. The fraction of sp³-hybridized carbons (Fsp3) is 0.538. The number of rotatable bonds is 6. The fourth-order valence-electron chi connectivity index (χ4n) is 4.99. The Kier molecular flexibility index (Phi) is 6.96. The molecule has 2 aliphatic heterocycles. The molecule has 0 bridgehead atoms. The highest BCUT2D eigenvalue weighted by Crippen LogP contribution is 2.31. The molecule has 7 heteroatoms. The predicted octanol–water partition coefficient (Wildman–Crippen LogP) is 2.65. The van der Waals surface area contributed by atoms with Crippen LogP contribution in [0, 0.1) is 19.7 Å². The second-order valence-corrected chi connectivity index (χ2v) is 9.82. The molecule has 2 aliphatic rings. The van der Waals surface area contributed by atoms with Crippen LogP contribution < -0.4 is 9.64 Å². The maximum absolute atomic E-state index is 13.5. The minimum atomic E-state index is -1.46. The van der Waals surface area contributed by atoms with Crippen molar-refractivity contribution in [1.82, 2.24) is 4.90 Å². The van der Waals surface area contributed by atoms with Crippen molar-refractivity contribution in [3.8, 4) is 5.75 Å². The van der Waals surface area contributed by atoms with Crippen molar-refractivity contribution in [2.24, 2.45) is 0 Å². The summed E-state index contributed by atoms with van der Waals surface area (Å²) in [4.78, 5) is 4.34. The quantitative estimate of drug-likeness (QED) is 0.618. The van der Waals surface area contributed by atoms with Crippen LogP contribution in [0.2, 0.25) is 0 Å². The number of aryl methyl sites for hydroxylation is 2. The van der Waals surface area contributed by atoms with E-state index in [1.165, 1.54) is 23.4 Å². The van der Waals surface area contributed by atoms with E-state index >= 15 is 0 Å². The van der Waals surface area contributed by atoms with Crippen LogP contribution in [0.3, 0.4) is 0 Å². The number of ether oxygens (including phenoxy) is 1. The maximum Gasteiger partial charge on any atom is 0.137 e. The van der Waals surface area contributed by atoms with Crippen molar-refractivity contribution in [3.05, 3.63) is 59.4 Å². The molecule has 0 aromatic heterocycles. The van der Waals surface area contributed by atoms with Crippen LogP contribution in [-0.2, 0) is 0 Å². The van der Waals surface area contributed by atoms with Crippen LogP contribution in [0.1, 0.15) is 30.4 Å². The molecular formula is C26H35FN2O4. The van der Waals surface area contributed by atoms with Crippen molar-refractivity contribution in [3.63, 3.8) is 0 Å². The van der Waals surface area contributed by atoms with Gasteiger partial charge in [-0.05, 0) is 68.5 Å². The number of β-amino-alcohol motifs (C(OH)–C–C–N with tert-alkyl or cyclic N) is 2. The van der Waals surface area contributed by atoms with Gasteiger partial charge in [0.1, 0.15) is 23.8 Å². The Hall–Kier alpha value is -2.19. The molecule has 180 valence electrons. The van der Waals surface area contributed by atoms with Gasteiger partial charge in [0.25, 0.3) is 0 Å². The van der Waals surface area contributed by atoms with Gasteiger partial charge in [0, 0.05) is 38.4 Å². The van der Waals surface area contributed by atoms with Gasteiger partial charge in [-0.15, -0.1) is 0 Å². The van der Waals surface area contributed by atoms with Crippen molar-refractivity contribution in [2.45, 2.75) is 50.4 Å². The first-order valence-corrected chi connectivity index (χ1v) is 11.7. The zero-order valence-corrected chi connectivity index (χ0v) is 19.5. The molecule has 0 aliphatic carbocycles. The summed E-state index contributed by atoms with van der Waals surface area (Å²) in [6, 6.07) is 12.7. The molecule has 0 spiro atoms. The zero-order valence-electron chi connectivity index (χ0n) is 19.5. The Morgan fingerprint density at radius 2 is 1.76 bits per heavy atom. The molecule has 2 heterocycles. The fourth-order valence-corrected chi connectivity index (χ4v) is 4.99. The van der Waals surface area contributed by atoms with E-state index in [0.717, 1.165) is 13.1 Å². The minimum Gasteiger partial charge on any atom is -0.490 e. The second kappa shape index (κ2) is 9.58. The summed E-state index contributed by atoms with van der Waals surface area (Å²) in [5.41, 5.74) is 0.609. The summed E-state index contributed by atoms with van der Waals surface area (Å²) in [7, 11) is 0. The van der Waals surface area contributed by atoms with E-state index in [-0.39, 0.29) is 19.0 Å². The van der Waals surface area contributed by atoms with Gasteiger partial charge in [-0.3, -0.25) is 4.90 Å². The number of hydrogen-bond acceptors (Lipinski definition) is 6. The molecular weight excluding hydrogens is 423 g/mol. The normalized spacial score (nSPS) is 25.8. The number of aliphatic hydroxyl groups is 3. The lowest BCUT2D eigenvalue weighted by atomic mass is 9.86. The first-order valence-electron chi connectivity index (χ1n) is 11.7. The highest BCUT2D eigenvalue weighted by atomic mass is 19.1.